The molecule has 1 saturated heterocycles. The third kappa shape index (κ3) is 3.66. The number of benzene rings is 2. The molecular formula is C19H24N2O2. The number of methoxy groups -OCH3 is 2. The zero-order chi connectivity index (χ0) is 16.1. The minimum absolute atomic E-state index is 0.337. The van der Waals surface area contributed by atoms with E-state index < -0.39 is 0 Å². The number of piperazine rings is 1. The number of nitrogens with zero attached hydrogens (tertiary/aromatic N) is 1. The molecule has 1 aliphatic heterocycles. The van der Waals surface area contributed by atoms with Crippen molar-refractivity contribution in [3.8, 4) is 11.5 Å². The van der Waals surface area contributed by atoms with E-state index in [9.17, 15) is 0 Å². The molecular weight excluding hydrogens is 288 g/mol. The molecule has 0 spiro atoms. The van der Waals surface area contributed by atoms with Gasteiger partial charge in [0.25, 0.3) is 0 Å². The van der Waals surface area contributed by atoms with Gasteiger partial charge < -0.3 is 14.8 Å². The number of ether oxygens (including phenoxy) is 2. The SMILES string of the molecule is COc1ccc(C2CNCCN2Cc2ccccc2)cc1OC. The van der Waals surface area contributed by atoms with Gasteiger partial charge in [0.1, 0.15) is 0 Å². The minimum Gasteiger partial charge on any atom is -0.493 e. The van der Waals surface area contributed by atoms with Crippen molar-refractivity contribution in [3.63, 3.8) is 0 Å². The van der Waals surface area contributed by atoms with Gasteiger partial charge in [0.2, 0.25) is 0 Å². The third-order valence-corrected chi connectivity index (χ3v) is 4.38. The van der Waals surface area contributed by atoms with Crippen molar-refractivity contribution >= 4 is 0 Å². The highest BCUT2D eigenvalue weighted by molar-refractivity contribution is 5.44. The van der Waals surface area contributed by atoms with Gasteiger partial charge in [-0.1, -0.05) is 36.4 Å². The molecule has 1 N–H and O–H groups in total. The molecule has 4 nitrogen and oxygen atoms in total. The molecule has 2 aromatic rings. The fraction of sp³-hybridized carbons (Fsp3) is 0.368. The summed E-state index contributed by atoms with van der Waals surface area (Å²) in [6, 6.07) is 17.2. The lowest BCUT2D eigenvalue weighted by Gasteiger charge is -2.36. The van der Waals surface area contributed by atoms with E-state index in [1.165, 1.54) is 11.1 Å². The predicted octanol–water partition coefficient (Wildman–Crippen LogP) is 2.85. The third-order valence-electron chi connectivity index (χ3n) is 4.38. The van der Waals surface area contributed by atoms with E-state index in [-0.39, 0.29) is 0 Å². The Labute approximate surface area is 138 Å². The van der Waals surface area contributed by atoms with Gasteiger partial charge in [0, 0.05) is 32.2 Å². The molecule has 0 amide bonds. The van der Waals surface area contributed by atoms with Crippen LogP contribution in [0, 0.1) is 0 Å². The maximum atomic E-state index is 5.46. The van der Waals surface area contributed by atoms with Gasteiger partial charge in [-0.3, -0.25) is 4.90 Å². The second-order valence-electron chi connectivity index (χ2n) is 5.79. The van der Waals surface area contributed by atoms with Crippen LogP contribution in [0.25, 0.3) is 0 Å². The molecule has 122 valence electrons. The first-order valence-corrected chi connectivity index (χ1v) is 8.02. The minimum atomic E-state index is 0.337. The molecule has 1 unspecified atom stereocenters. The van der Waals surface area contributed by atoms with Gasteiger partial charge in [0.15, 0.2) is 11.5 Å². The summed E-state index contributed by atoms with van der Waals surface area (Å²) in [6.07, 6.45) is 0. The van der Waals surface area contributed by atoms with Crippen LogP contribution in [0.3, 0.4) is 0 Å². The number of nitrogens with one attached hydrogen (secondary N) is 1. The van der Waals surface area contributed by atoms with Crippen LogP contribution in [-0.2, 0) is 6.54 Å². The number of hydrogen-bond acceptors (Lipinski definition) is 4. The maximum absolute atomic E-state index is 5.46. The van der Waals surface area contributed by atoms with Gasteiger partial charge in [-0.05, 0) is 23.3 Å². The summed E-state index contributed by atoms with van der Waals surface area (Å²) in [5, 5.41) is 3.50. The van der Waals surface area contributed by atoms with Crippen molar-refractivity contribution in [1.29, 1.82) is 0 Å². The van der Waals surface area contributed by atoms with Crippen LogP contribution in [0.2, 0.25) is 0 Å². The Morgan fingerprint density at radius 1 is 1.04 bits per heavy atom. The fourth-order valence-corrected chi connectivity index (χ4v) is 3.14. The lowest BCUT2D eigenvalue weighted by atomic mass is 10.0. The first kappa shape index (κ1) is 15.8. The average molecular weight is 312 g/mol. The smallest absolute Gasteiger partial charge is 0.161 e. The lowest BCUT2D eigenvalue weighted by molar-refractivity contribution is 0.153. The second kappa shape index (κ2) is 7.49. The molecule has 1 aliphatic rings. The van der Waals surface area contributed by atoms with Gasteiger partial charge in [-0.15, -0.1) is 0 Å². The first-order chi connectivity index (χ1) is 11.3. The largest absolute Gasteiger partial charge is 0.493 e. The van der Waals surface area contributed by atoms with E-state index in [4.69, 9.17) is 9.47 Å². The van der Waals surface area contributed by atoms with E-state index >= 15 is 0 Å². The number of hydrogen-bond donors (Lipinski definition) is 1. The van der Waals surface area contributed by atoms with Crippen molar-refractivity contribution in [2.75, 3.05) is 33.9 Å². The van der Waals surface area contributed by atoms with Crippen LogP contribution in [-0.4, -0.2) is 38.8 Å². The van der Waals surface area contributed by atoms with E-state index in [1.807, 2.05) is 6.07 Å². The summed E-state index contributed by atoms with van der Waals surface area (Å²) < 4.78 is 10.8. The molecule has 0 bridgehead atoms. The second-order valence-corrected chi connectivity index (χ2v) is 5.79. The van der Waals surface area contributed by atoms with Crippen molar-refractivity contribution in [3.05, 3.63) is 59.7 Å². The van der Waals surface area contributed by atoms with Gasteiger partial charge >= 0.3 is 0 Å². The Bertz CT molecular complexity index is 631. The predicted molar refractivity (Wildman–Crippen MR) is 92.0 cm³/mol. The maximum Gasteiger partial charge on any atom is 0.161 e. The van der Waals surface area contributed by atoms with Gasteiger partial charge in [0.05, 0.1) is 14.2 Å². The normalized spacial score (nSPS) is 18.6. The summed E-state index contributed by atoms with van der Waals surface area (Å²) in [7, 11) is 3.35. The Morgan fingerprint density at radius 2 is 1.83 bits per heavy atom. The molecule has 1 fully saturated rings. The van der Waals surface area contributed by atoms with Crippen LogP contribution >= 0.6 is 0 Å². The van der Waals surface area contributed by atoms with E-state index in [0.717, 1.165) is 37.7 Å². The molecule has 1 heterocycles. The molecule has 3 rings (SSSR count). The van der Waals surface area contributed by atoms with Crippen molar-refractivity contribution in [2.24, 2.45) is 0 Å². The average Bonchev–Trinajstić information content (AvgIpc) is 2.62. The van der Waals surface area contributed by atoms with E-state index in [2.05, 4.69) is 52.7 Å². The Balaban J connectivity index is 1.83. The van der Waals surface area contributed by atoms with Crippen molar-refractivity contribution in [2.45, 2.75) is 12.6 Å². The monoisotopic (exact) mass is 312 g/mol. The molecule has 2 aromatic carbocycles. The molecule has 23 heavy (non-hydrogen) atoms. The summed E-state index contributed by atoms with van der Waals surface area (Å²) >= 11 is 0. The molecule has 0 radical (unpaired) electrons. The molecule has 0 saturated carbocycles. The fourth-order valence-electron chi connectivity index (χ4n) is 3.14. The highest BCUT2D eigenvalue weighted by atomic mass is 16.5. The summed E-state index contributed by atoms with van der Waals surface area (Å²) in [6.45, 7) is 3.97. The lowest BCUT2D eigenvalue weighted by Crippen LogP contribution is -2.45. The quantitative estimate of drug-likeness (QED) is 0.920. The van der Waals surface area contributed by atoms with Crippen LogP contribution in [0.4, 0.5) is 0 Å². The van der Waals surface area contributed by atoms with E-state index in [0.29, 0.717) is 6.04 Å². The summed E-state index contributed by atoms with van der Waals surface area (Å²) in [5.41, 5.74) is 2.60. The standard InChI is InChI=1S/C19H24N2O2/c1-22-18-9-8-16(12-19(18)23-2)17-13-20-10-11-21(17)14-15-6-4-3-5-7-15/h3-9,12,17,20H,10-11,13-14H2,1-2H3. The van der Waals surface area contributed by atoms with Crippen LogP contribution < -0.4 is 14.8 Å². The van der Waals surface area contributed by atoms with Crippen molar-refractivity contribution < 1.29 is 9.47 Å². The summed E-state index contributed by atoms with van der Waals surface area (Å²) in [4.78, 5) is 2.52. The van der Waals surface area contributed by atoms with Gasteiger partial charge in [-0.2, -0.15) is 0 Å². The molecule has 0 aliphatic carbocycles. The molecule has 4 heteroatoms. The zero-order valence-corrected chi connectivity index (χ0v) is 13.8. The van der Waals surface area contributed by atoms with Crippen molar-refractivity contribution in [1.82, 2.24) is 10.2 Å². The topological polar surface area (TPSA) is 33.7 Å². The number of rotatable bonds is 5. The Morgan fingerprint density at radius 3 is 2.57 bits per heavy atom. The first-order valence-electron chi connectivity index (χ1n) is 8.02. The Kier molecular flexibility index (Phi) is 5.16. The Hall–Kier alpha value is -2.04. The van der Waals surface area contributed by atoms with E-state index in [1.54, 1.807) is 14.2 Å². The van der Waals surface area contributed by atoms with Crippen LogP contribution in [0.15, 0.2) is 48.5 Å². The van der Waals surface area contributed by atoms with Gasteiger partial charge in [-0.25, -0.2) is 0 Å². The summed E-state index contributed by atoms with van der Waals surface area (Å²) in [5.74, 6) is 1.56. The van der Waals surface area contributed by atoms with Crippen LogP contribution in [0.1, 0.15) is 17.2 Å². The molecule has 1 atom stereocenters. The van der Waals surface area contributed by atoms with Crippen LogP contribution in [0.5, 0.6) is 11.5 Å². The highest BCUT2D eigenvalue weighted by Crippen LogP contribution is 2.32. The molecule has 0 aromatic heterocycles. The highest BCUT2D eigenvalue weighted by Gasteiger charge is 2.24. The zero-order valence-electron chi connectivity index (χ0n) is 13.8.